The molecule has 1 amide bonds. The lowest BCUT2D eigenvalue weighted by molar-refractivity contribution is -0.124. The zero-order valence-corrected chi connectivity index (χ0v) is 14.5. The molecule has 5 nitrogen and oxygen atoms in total. The van der Waals surface area contributed by atoms with Crippen LogP contribution >= 0.6 is 12.4 Å². The van der Waals surface area contributed by atoms with Crippen LogP contribution < -0.4 is 5.32 Å². The number of amidine groups is 1. The minimum Gasteiger partial charge on any atom is -0.478 e. The van der Waals surface area contributed by atoms with Gasteiger partial charge in [0.1, 0.15) is 11.4 Å². The van der Waals surface area contributed by atoms with Gasteiger partial charge in [0.05, 0.1) is 5.56 Å². The number of fused-ring (bicyclic) bond motifs is 1. The maximum Gasteiger partial charge on any atom is 0.336 e. The average molecular weight is 347 g/mol. The van der Waals surface area contributed by atoms with Crippen LogP contribution in [0.5, 0.6) is 0 Å². The first kappa shape index (κ1) is 17.9. The number of carboxylic acid groups (broad SMARTS) is 1. The molecule has 1 aliphatic rings. The number of halogens is 1. The van der Waals surface area contributed by atoms with Crippen LogP contribution in [0, 0.1) is 5.92 Å². The fourth-order valence-electron chi connectivity index (χ4n) is 2.68. The summed E-state index contributed by atoms with van der Waals surface area (Å²) in [5, 5.41) is 14.0. The van der Waals surface area contributed by atoms with Crippen molar-refractivity contribution < 1.29 is 14.7 Å². The van der Waals surface area contributed by atoms with E-state index in [1.807, 2.05) is 38.1 Å². The van der Waals surface area contributed by atoms with Gasteiger partial charge in [-0.3, -0.25) is 9.79 Å². The van der Waals surface area contributed by atoms with Gasteiger partial charge >= 0.3 is 5.97 Å². The van der Waals surface area contributed by atoms with Crippen molar-refractivity contribution in [2.45, 2.75) is 26.3 Å². The van der Waals surface area contributed by atoms with Crippen molar-refractivity contribution in [1.29, 1.82) is 0 Å². The van der Waals surface area contributed by atoms with E-state index in [1.165, 1.54) is 0 Å². The number of hydrogen-bond donors (Lipinski definition) is 2. The van der Waals surface area contributed by atoms with Gasteiger partial charge in [-0.15, -0.1) is 12.4 Å². The number of nitrogens with zero attached hydrogens (tertiary/aromatic N) is 1. The number of hydrogen-bond acceptors (Lipinski definition) is 3. The molecule has 3 rings (SSSR count). The molecule has 2 aromatic rings. The monoisotopic (exact) mass is 346 g/mol. The molecule has 0 spiro atoms. The van der Waals surface area contributed by atoms with Crippen LogP contribution in [0.25, 0.3) is 10.8 Å². The molecule has 126 valence electrons. The van der Waals surface area contributed by atoms with E-state index in [9.17, 15) is 14.7 Å². The van der Waals surface area contributed by atoms with Crippen LogP contribution in [0.15, 0.2) is 41.4 Å². The highest BCUT2D eigenvalue weighted by Crippen LogP contribution is 2.29. The van der Waals surface area contributed by atoms with E-state index in [0.29, 0.717) is 11.4 Å². The third-order valence-corrected chi connectivity index (χ3v) is 4.53. The molecular formula is C18H19ClN2O3. The molecule has 1 aliphatic heterocycles. The van der Waals surface area contributed by atoms with E-state index < -0.39 is 11.5 Å². The summed E-state index contributed by atoms with van der Waals surface area (Å²) >= 11 is 0. The molecule has 2 aromatic carbocycles. The van der Waals surface area contributed by atoms with E-state index in [1.54, 1.807) is 19.1 Å². The molecule has 1 atom stereocenters. The lowest BCUT2D eigenvalue weighted by Gasteiger charge is -2.21. The standard InChI is InChI=1S/C18H18N2O3.ClH/c1-10(2)18(3)17(23)19-15(20-18)13-8-11-6-4-5-7-12(11)9-14(13)16(21)22;/h4-10H,1-3H3,(H,21,22)(H,19,20,23);1H. The molecule has 0 aliphatic carbocycles. The summed E-state index contributed by atoms with van der Waals surface area (Å²) < 4.78 is 0. The average Bonchev–Trinajstić information content (AvgIpc) is 2.82. The number of aliphatic imine (C=N–C) groups is 1. The minimum absolute atomic E-state index is 0. The van der Waals surface area contributed by atoms with E-state index >= 15 is 0 Å². The van der Waals surface area contributed by atoms with Gasteiger partial charge in [0, 0.05) is 5.56 Å². The summed E-state index contributed by atoms with van der Waals surface area (Å²) in [6.45, 7) is 5.61. The second kappa shape index (κ2) is 6.24. The Labute approximate surface area is 146 Å². The Morgan fingerprint density at radius 2 is 1.79 bits per heavy atom. The summed E-state index contributed by atoms with van der Waals surface area (Å²) in [7, 11) is 0. The number of rotatable bonds is 3. The SMILES string of the molecule is CC(C)C1(C)N=C(c2cc3ccccc3cc2C(=O)O)NC1=O.Cl. The van der Waals surface area contributed by atoms with Crippen LogP contribution in [0.2, 0.25) is 0 Å². The normalized spacial score (nSPS) is 19.8. The Morgan fingerprint density at radius 3 is 2.29 bits per heavy atom. The van der Waals surface area contributed by atoms with Crippen LogP contribution in [-0.2, 0) is 4.79 Å². The van der Waals surface area contributed by atoms with Crippen molar-refractivity contribution in [1.82, 2.24) is 5.32 Å². The van der Waals surface area contributed by atoms with Crippen LogP contribution in [0.4, 0.5) is 0 Å². The lowest BCUT2D eigenvalue weighted by Crippen LogP contribution is -2.41. The smallest absolute Gasteiger partial charge is 0.336 e. The molecule has 2 N–H and O–H groups in total. The molecule has 0 bridgehead atoms. The maximum absolute atomic E-state index is 12.3. The number of benzene rings is 2. The van der Waals surface area contributed by atoms with Crippen molar-refractivity contribution >= 4 is 40.9 Å². The van der Waals surface area contributed by atoms with Gasteiger partial charge < -0.3 is 10.4 Å². The summed E-state index contributed by atoms with van der Waals surface area (Å²) in [6.07, 6.45) is 0. The predicted octanol–water partition coefficient (Wildman–Crippen LogP) is 3.25. The number of nitrogens with one attached hydrogen (secondary N) is 1. The van der Waals surface area contributed by atoms with Gasteiger partial charge in [-0.05, 0) is 35.7 Å². The Hall–Kier alpha value is -2.40. The molecule has 24 heavy (non-hydrogen) atoms. The molecule has 1 unspecified atom stereocenters. The Kier molecular flexibility index (Phi) is 4.67. The van der Waals surface area contributed by atoms with Gasteiger partial charge in [-0.2, -0.15) is 0 Å². The third kappa shape index (κ3) is 2.76. The highest BCUT2D eigenvalue weighted by atomic mass is 35.5. The summed E-state index contributed by atoms with van der Waals surface area (Å²) in [6, 6.07) is 10.9. The first-order chi connectivity index (χ1) is 10.8. The number of carbonyl (C=O) groups is 2. The number of carbonyl (C=O) groups excluding carboxylic acids is 1. The van der Waals surface area contributed by atoms with Crippen molar-refractivity contribution in [2.24, 2.45) is 10.9 Å². The molecule has 6 heteroatoms. The van der Waals surface area contributed by atoms with E-state index in [2.05, 4.69) is 10.3 Å². The van der Waals surface area contributed by atoms with E-state index in [0.717, 1.165) is 10.8 Å². The molecule has 0 fully saturated rings. The first-order valence-corrected chi connectivity index (χ1v) is 7.50. The maximum atomic E-state index is 12.3. The van der Waals surface area contributed by atoms with Crippen molar-refractivity contribution in [3.63, 3.8) is 0 Å². The highest BCUT2D eigenvalue weighted by Gasteiger charge is 2.42. The van der Waals surface area contributed by atoms with Crippen molar-refractivity contribution in [3.05, 3.63) is 47.5 Å². The van der Waals surface area contributed by atoms with Gasteiger partial charge in [0.2, 0.25) is 0 Å². The topological polar surface area (TPSA) is 78.8 Å². The van der Waals surface area contributed by atoms with Gasteiger partial charge in [-0.1, -0.05) is 38.1 Å². The number of carboxylic acids is 1. The summed E-state index contributed by atoms with van der Waals surface area (Å²) in [5.74, 6) is -0.907. The van der Waals surface area contributed by atoms with E-state index in [-0.39, 0.29) is 29.8 Å². The second-order valence-electron chi connectivity index (χ2n) is 6.27. The lowest BCUT2D eigenvalue weighted by atomic mass is 9.89. The Morgan fingerprint density at radius 1 is 1.21 bits per heavy atom. The van der Waals surface area contributed by atoms with Gasteiger partial charge in [0.15, 0.2) is 0 Å². The van der Waals surface area contributed by atoms with Gasteiger partial charge in [0.25, 0.3) is 5.91 Å². The zero-order valence-electron chi connectivity index (χ0n) is 13.7. The first-order valence-electron chi connectivity index (χ1n) is 7.50. The fourth-order valence-corrected chi connectivity index (χ4v) is 2.68. The summed E-state index contributed by atoms with van der Waals surface area (Å²) in [5.41, 5.74) is -0.304. The van der Waals surface area contributed by atoms with Crippen LogP contribution in [0.3, 0.4) is 0 Å². The predicted molar refractivity (Wildman–Crippen MR) is 96.1 cm³/mol. The van der Waals surface area contributed by atoms with Gasteiger partial charge in [-0.25, -0.2) is 4.79 Å². The second-order valence-corrected chi connectivity index (χ2v) is 6.27. The quantitative estimate of drug-likeness (QED) is 0.895. The molecule has 0 saturated carbocycles. The third-order valence-electron chi connectivity index (χ3n) is 4.53. The zero-order chi connectivity index (χ0) is 16.8. The van der Waals surface area contributed by atoms with Crippen LogP contribution in [-0.4, -0.2) is 28.4 Å². The summed E-state index contributed by atoms with van der Waals surface area (Å²) in [4.78, 5) is 28.4. The van der Waals surface area contributed by atoms with Crippen molar-refractivity contribution in [2.75, 3.05) is 0 Å². The molecule has 0 aromatic heterocycles. The number of amides is 1. The molecule has 0 saturated heterocycles. The van der Waals surface area contributed by atoms with E-state index in [4.69, 9.17) is 0 Å². The van der Waals surface area contributed by atoms with Crippen LogP contribution in [0.1, 0.15) is 36.7 Å². The molecular weight excluding hydrogens is 328 g/mol. The highest BCUT2D eigenvalue weighted by molar-refractivity contribution is 6.19. The molecule has 0 radical (unpaired) electrons. The number of aromatic carboxylic acids is 1. The minimum atomic E-state index is -1.04. The fraction of sp³-hybridized carbons (Fsp3) is 0.278. The van der Waals surface area contributed by atoms with Crippen molar-refractivity contribution in [3.8, 4) is 0 Å². The Balaban J connectivity index is 0.00000208. The largest absolute Gasteiger partial charge is 0.478 e. The Bertz CT molecular complexity index is 860. The molecule has 1 heterocycles.